The minimum Gasteiger partial charge on any atom is -0.481 e. The number of allylic oxidation sites excluding steroid dienone is 5. The van der Waals surface area contributed by atoms with E-state index in [9.17, 15) is 19.8 Å². The van der Waals surface area contributed by atoms with Gasteiger partial charge < -0.3 is 15.3 Å². The topological polar surface area (TPSA) is 94.8 Å². The van der Waals surface area contributed by atoms with E-state index in [1.807, 2.05) is 26.0 Å². The number of aliphatic hydroxyl groups is 2. The van der Waals surface area contributed by atoms with Crippen LogP contribution in [0.3, 0.4) is 0 Å². The number of rotatable bonds is 8. The molecule has 24 heavy (non-hydrogen) atoms. The standard InChI is InChI=1S/C19H28O5/c1-12(5-4-6-13(2)8-10-17(21)22)7-9-15-16(20)11-14(3)18(23)19(15)24/h6-7,11,15,18-19,23-24H,4-5,8-10H2,1-3H3,(H,21,22)/t15-,18+,19-/m0/s1. The second-order valence-electron chi connectivity index (χ2n) is 6.60. The van der Waals surface area contributed by atoms with E-state index in [4.69, 9.17) is 5.11 Å². The van der Waals surface area contributed by atoms with Gasteiger partial charge in [0.15, 0.2) is 5.78 Å². The van der Waals surface area contributed by atoms with Crippen LogP contribution in [-0.2, 0) is 9.59 Å². The Morgan fingerprint density at radius 3 is 2.38 bits per heavy atom. The first-order valence-electron chi connectivity index (χ1n) is 8.33. The third-order valence-corrected chi connectivity index (χ3v) is 4.42. The van der Waals surface area contributed by atoms with Crippen molar-refractivity contribution in [2.24, 2.45) is 5.92 Å². The van der Waals surface area contributed by atoms with Gasteiger partial charge in [0.1, 0.15) is 6.10 Å². The van der Waals surface area contributed by atoms with E-state index in [-0.39, 0.29) is 12.2 Å². The van der Waals surface area contributed by atoms with E-state index in [0.29, 0.717) is 18.4 Å². The van der Waals surface area contributed by atoms with Crippen molar-refractivity contribution in [3.63, 3.8) is 0 Å². The number of aliphatic hydroxyl groups excluding tert-OH is 2. The van der Waals surface area contributed by atoms with Gasteiger partial charge in [-0.1, -0.05) is 23.3 Å². The lowest BCUT2D eigenvalue weighted by molar-refractivity contribution is -0.137. The third kappa shape index (κ3) is 6.42. The van der Waals surface area contributed by atoms with Crippen molar-refractivity contribution < 1.29 is 24.9 Å². The highest BCUT2D eigenvalue weighted by atomic mass is 16.4. The van der Waals surface area contributed by atoms with Crippen LogP contribution in [0.5, 0.6) is 0 Å². The van der Waals surface area contributed by atoms with Crippen molar-refractivity contribution in [1.82, 2.24) is 0 Å². The number of hydrogen-bond acceptors (Lipinski definition) is 4. The average molecular weight is 336 g/mol. The number of aliphatic carboxylic acids is 1. The summed E-state index contributed by atoms with van der Waals surface area (Å²) >= 11 is 0. The Hall–Kier alpha value is -1.72. The van der Waals surface area contributed by atoms with Crippen LogP contribution in [0.2, 0.25) is 0 Å². The van der Waals surface area contributed by atoms with Gasteiger partial charge >= 0.3 is 5.97 Å². The molecule has 1 aliphatic rings. The molecular formula is C19H28O5. The van der Waals surface area contributed by atoms with Gasteiger partial charge in [-0.05, 0) is 58.1 Å². The van der Waals surface area contributed by atoms with E-state index < -0.39 is 24.1 Å². The molecule has 0 amide bonds. The van der Waals surface area contributed by atoms with E-state index >= 15 is 0 Å². The first kappa shape index (κ1) is 20.3. The fourth-order valence-electron chi connectivity index (χ4n) is 2.71. The first-order valence-corrected chi connectivity index (χ1v) is 8.33. The lowest BCUT2D eigenvalue weighted by atomic mass is 9.82. The maximum atomic E-state index is 12.0. The van der Waals surface area contributed by atoms with Crippen LogP contribution in [0.1, 0.15) is 52.9 Å². The molecule has 134 valence electrons. The highest BCUT2D eigenvalue weighted by Gasteiger charge is 2.35. The summed E-state index contributed by atoms with van der Waals surface area (Å²) in [7, 11) is 0. The predicted octanol–water partition coefficient (Wildman–Crippen LogP) is 2.78. The molecule has 5 heteroatoms. The number of carboxylic acid groups (broad SMARTS) is 1. The highest BCUT2D eigenvalue weighted by Crippen LogP contribution is 2.25. The van der Waals surface area contributed by atoms with Crippen molar-refractivity contribution in [2.75, 3.05) is 0 Å². The largest absolute Gasteiger partial charge is 0.481 e. The summed E-state index contributed by atoms with van der Waals surface area (Å²) in [6.45, 7) is 5.54. The van der Waals surface area contributed by atoms with Crippen molar-refractivity contribution >= 4 is 11.8 Å². The zero-order valence-corrected chi connectivity index (χ0v) is 14.7. The Morgan fingerprint density at radius 1 is 1.12 bits per heavy atom. The molecular weight excluding hydrogens is 308 g/mol. The Kier molecular flexibility index (Phi) is 8.08. The molecule has 0 aliphatic heterocycles. The Balaban J connectivity index is 2.48. The van der Waals surface area contributed by atoms with Crippen LogP contribution >= 0.6 is 0 Å². The summed E-state index contributed by atoms with van der Waals surface area (Å²) in [5, 5.41) is 28.5. The zero-order chi connectivity index (χ0) is 18.3. The first-order chi connectivity index (χ1) is 11.2. The Morgan fingerprint density at radius 2 is 1.75 bits per heavy atom. The zero-order valence-electron chi connectivity index (χ0n) is 14.7. The molecule has 1 aliphatic carbocycles. The molecule has 0 saturated heterocycles. The van der Waals surface area contributed by atoms with Crippen LogP contribution < -0.4 is 0 Å². The van der Waals surface area contributed by atoms with Crippen LogP contribution in [0.25, 0.3) is 0 Å². The molecule has 0 heterocycles. The SMILES string of the molecule is CC(=CC[C@H]1C(=O)C=C(C)[C@@H](O)[C@H]1O)CCC=C(C)CCC(=O)O. The van der Waals surface area contributed by atoms with Crippen molar-refractivity contribution in [2.45, 2.75) is 65.1 Å². The number of ketones is 1. The van der Waals surface area contributed by atoms with Gasteiger partial charge in [0.25, 0.3) is 0 Å². The lowest BCUT2D eigenvalue weighted by Crippen LogP contribution is -2.41. The third-order valence-electron chi connectivity index (χ3n) is 4.42. The van der Waals surface area contributed by atoms with E-state index in [2.05, 4.69) is 0 Å². The number of hydrogen-bond donors (Lipinski definition) is 3. The van der Waals surface area contributed by atoms with E-state index in [0.717, 1.165) is 24.0 Å². The minimum absolute atomic E-state index is 0.140. The van der Waals surface area contributed by atoms with Gasteiger partial charge in [-0.15, -0.1) is 0 Å². The summed E-state index contributed by atoms with van der Waals surface area (Å²) < 4.78 is 0. The fraction of sp³-hybridized carbons (Fsp3) is 0.579. The molecule has 0 fully saturated rings. The van der Waals surface area contributed by atoms with E-state index in [1.54, 1.807) is 6.92 Å². The molecule has 0 aromatic carbocycles. The number of carboxylic acids is 1. The van der Waals surface area contributed by atoms with E-state index in [1.165, 1.54) is 6.08 Å². The molecule has 3 atom stereocenters. The summed E-state index contributed by atoms with van der Waals surface area (Å²) in [4.78, 5) is 22.5. The number of carbonyl (C=O) groups is 2. The maximum Gasteiger partial charge on any atom is 0.303 e. The molecule has 0 unspecified atom stereocenters. The summed E-state index contributed by atoms with van der Waals surface area (Å²) in [6.07, 6.45) is 6.12. The molecule has 0 saturated carbocycles. The quantitative estimate of drug-likeness (QED) is 0.593. The second-order valence-corrected chi connectivity index (χ2v) is 6.60. The van der Waals surface area contributed by atoms with Gasteiger partial charge in [0.2, 0.25) is 0 Å². The predicted molar refractivity (Wildman–Crippen MR) is 92.5 cm³/mol. The van der Waals surface area contributed by atoms with Gasteiger partial charge in [0.05, 0.1) is 12.0 Å². The number of carbonyl (C=O) groups excluding carboxylic acids is 1. The second kappa shape index (κ2) is 9.55. The smallest absolute Gasteiger partial charge is 0.303 e. The molecule has 3 N–H and O–H groups in total. The summed E-state index contributed by atoms with van der Waals surface area (Å²) in [6, 6.07) is 0. The van der Waals surface area contributed by atoms with Crippen LogP contribution in [0, 0.1) is 5.92 Å². The molecule has 1 rings (SSSR count). The van der Waals surface area contributed by atoms with Gasteiger partial charge in [0, 0.05) is 6.42 Å². The van der Waals surface area contributed by atoms with Crippen LogP contribution in [0.15, 0.2) is 34.9 Å². The Bertz CT molecular complexity index is 556. The van der Waals surface area contributed by atoms with Crippen molar-refractivity contribution in [1.29, 1.82) is 0 Å². The van der Waals surface area contributed by atoms with Crippen molar-refractivity contribution in [3.8, 4) is 0 Å². The Labute approximate surface area is 143 Å². The highest BCUT2D eigenvalue weighted by molar-refractivity contribution is 5.94. The van der Waals surface area contributed by atoms with Crippen molar-refractivity contribution in [3.05, 3.63) is 34.9 Å². The maximum absolute atomic E-state index is 12.0. The minimum atomic E-state index is -1.05. The average Bonchev–Trinajstić information content (AvgIpc) is 2.50. The molecule has 0 radical (unpaired) electrons. The van der Waals surface area contributed by atoms with Crippen LogP contribution in [0.4, 0.5) is 0 Å². The van der Waals surface area contributed by atoms with Gasteiger partial charge in [-0.25, -0.2) is 0 Å². The van der Waals surface area contributed by atoms with Gasteiger partial charge in [-0.3, -0.25) is 9.59 Å². The monoisotopic (exact) mass is 336 g/mol. The lowest BCUT2D eigenvalue weighted by Gasteiger charge is -2.29. The molecule has 0 aromatic heterocycles. The van der Waals surface area contributed by atoms with Gasteiger partial charge in [-0.2, -0.15) is 0 Å². The normalized spacial score (nSPS) is 25.6. The molecule has 0 aromatic rings. The fourth-order valence-corrected chi connectivity index (χ4v) is 2.71. The molecule has 5 nitrogen and oxygen atoms in total. The summed E-state index contributed by atoms with van der Waals surface area (Å²) in [5.74, 6) is -1.52. The van der Waals surface area contributed by atoms with Crippen LogP contribution in [-0.4, -0.2) is 39.3 Å². The molecule has 0 spiro atoms. The molecule has 0 bridgehead atoms. The summed E-state index contributed by atoms with van der Waals surface area (Å²) in [5.41, 5.74) is 2.68.